The van der Waals surface area contributed by atoms with Crippen LogP contribution in [0.3, 0.4) is 0 Å². The molecule has 1 unspecified atom stereocenters. The van der Waals surface area contributed by atoms with Gasteiger partial charge in [-0.2, -0.15) is 17.0 Å². The molecule has 1 aromatic rings. The van der Waals surface area contributed by atoms with Gasteiger partial charge in [-0.3, -0.25) is 0 Å². The molecule has 2 nitrogen and oxygen atoms in total. The lowest BCUT2D eigenvalue weighted by Crippen LogP contribution is -2.04. The molecule has 0 N–H and O–H groups in total. The third kappa shape index (κ3) is 4.16. The first kappa shape index (κ1) is 12.9. The van der Waals surface area contributed by atoms with E-state index in [1.165, 1.54) is 6.42 Å². The van der Waals surface area contributed by atoms with E-state index in [2.05, 4.69) is 19.9 Å². The van der Waals surface area contributed by atoms with Crippen LogP contribution in [0.25, 0.3) is 0 Å². The predicted octanol–water partition coefficient (Wildman–Crippen LogP) is 3.47. The van der Waals surface area contributed by atoms with Gasteiger partial charge in [-0.05, 0) is 18.6 Å². The topological polar surface area (TPSA) is 33.0 Å². The van der Waals surface area contributed by atoms with E-state index in [-0.39, 0.29) is 0 Å². The van der Waals surface area contributed by atoms with Gasteiger partial charge < -0.3 is 4.74 Å². The molecule has 0 radical (unpaired) electrons. The first-order valence-electron chi connectivity index (χ1n) is 5.51. The van der Waals surface area contributed by atoms with E-state index in [1.807, 2.05) is 30.0 Å². The summed E-state index contributed by atoms with van der Waals surface area (Å²) in [7, 11) is 0. The minimum atomic E-state index is 0.607. The SMILES string of the molecule is CCC(C)SCCOc1ccccc1C#N. The smallest absolute Gasteiger partial charge is 0.137 e. The first-order chi connectivity index (χ1) is 7.77. The van der Waals surface area contributed by atoms with Crippen molar-refractivity contribution in [1.82, 2.24) is 0 Å². The zero-order chi connectivity index (χ0) is 11.8. The number of nitrogens with zero attached hydrogens (tertiary/aromatic N) is 1. The largest absolute Gasteiger partial charge is 0.491 e. The minimum Gasteiger partial charge on any atom is -0.491 e. The van der Waals surface area contributed by atoms with Gasteiger partial charge in [0.05, 0.1) is 12.2 Å². The van der Waals surface area contributed by atoms with E-state index in [4.69, 9.17) is 10.00 Å². The molecule has 0 spiro atoms. The second-order valence-corrected chi connectivity index (χ2v) is 5.09. The molecule has 16 heavy (non-hydrogen) atoms. The standard InChI is InChI=1S/C13H17NOS/c1-3-11(2)16-9-8-15-13-7-5-4-6-12(13)10-14/h4-7,11H,3,8-9H2,1-2H3. The second-order valence-electron chi connectivity index (χ2n) is 3.55. The van der Waals surface area contributed by atoms with Crippen LogP contribution in [0.1, 0.15) is 25.8 Å². The van der Waals surface area contributed by atoms with Crippen molar-refractivity contribution in [2.45, 2.75) is 25.5 Å². The number of rotatable bonds is 6. The van der Waals surface area contributed by atoms with E-state index in [1.54, 1.807) is 6.07 Å². The van der Waals surface area contributed by atoms with Gasteiger partial charge >= 0.3 is 0 Å². The van der Waals surface area contributed by atoms with Gasteiger partial charge in [0.1, 0.15) is 11.8 Å². The van der Waals surface area contributed by atoms with Crippen molar-refractivity contribution in [2.75, 3.05) is 12.4 Å². The number of thioether (sulfide) groups is 1. The maximum absolute atomic E-state index is 8.87. The summed E-state index contributed by atoms with van der Waals surface area (Å²) >= 11 is 1.90. The third-order valence-electron chi connectivity index (χ3n) is 2.33. The number of ether oxygens (including phenoxy) is 1. The zero-order valence-corrected chi connectivity index (χ0v) is 10.6. The molecule has 0 saturated heterocycles. The van der Waals surface area contributed by atoms with Crippen molar-refractivity contribution >= 4 is 11.8 Å². The lowest BCUT2D eigenvalue weighted by Gasteiger charge is -2.10. The normalized spacial score (nSPS) is 11.8. The zero-order valence-electron chi connectivity index (χ0n) is 9.77. The minimum absolute atomic E-state index is 0.607. The van der Waals surface area contributed by atoms with Gasteiger partial charge in [-0.25, -0.2) is 0 Å². The summed E-state index contributed by atoms with van der Waals surface area (Å²) in [4.78, 5) is 0. The van der Waals surface area contributed by atoms with Crippen LogP contribution >= 0.6 is 11.8 Å². The second kappa shape index (κ2) is 7.19. The maximum Gasteiger partial charge on any atom is 0.137 e. The van der Waals surface area contributed by atoms with E-state index in [0.717, 1.165) is 5.75 Å². The average molecular weight is 235 g/mol. The fourth-order valence-corrected chi connectivity index (χ4v) is 2.02. The lowest BCUT2D eigenvalue weighted by molar-refractivity contribution is 0.343. The summed E-state index contributed by atoms with van der Waals surface area (Å²) in [5.41, 5.74) is 0.607. The monoisotopic (exact) mass is 235 g/mol. The molecule has 0 aliphatic carbocycles. The Morgan fingerprint density at radius 1 is 1.44 bits per heavy atom. The highest BCUT2D eigenvalue weighted by Gasteiger charge is 2.02. The molecular formula is C13H17NOS. The summed E-state index contributed by atoms with van der Waals surface area (Å²) in [5.74, 6) is 1.66. The van der Waals surface area contributed by atoms with Crippen LogP contribution in [0.5, 0.6) is 5.75 Å². The highest BCUT2D eigenvalue weighted by atomic mass is 32.2. The summed E-state index contributed by atoms with van der Waals surface area (Å²) in [6.07, 6.45) is 1.18. The molecule has 1 atom stereocenters. The summed E-state index contributed by atoms with van der Waals surface area (Å²) in [6.45, 7) is 5.06. The highest BCUT2D eigenvalue weighted by Crippen LogP contribution is 2.18. The van der Waals surface area contributed by atoms with Gasteiger partial charge in [0.25, 0.3) is 0 Å². The predicted molar refractivity (Wildman–Crippen MR) is 68.9 cm³/mol. The van der Waals surface area contributed by atoms with Crippen LogP contribution in [0.4, 0.5) is 0 Å². The quantitative estimate of drug-likeness (QED) is 0.708. The van der Waals surface area contributed by atoms with Gasteiger partial charge in [-0.1, -0.05) is 26.0 Å². The molecule has 1 rings (SSSR count). The number of hydrogen-bond acceptors (Lipinski definition) is 3. The van der Waals surface area contributed by atoms with Gasteiger partial charge in [0.2, 0.25) is 0 Å². The van der Waals surface area contributed by atoms with Crippen molar-refractivity contribution in [2.24, 2.45) is 0 Å². The molecular weight excluding hydrogens is 218 g/mol. The van der Waals surface area contributed by atoms with Crippen LogP contribution in [0.15, 0.2) is 24.3 Å². The summed E-state index contributed by atoms with van der Waals surface area (Å²) in [5, 5.41) is 9.54. The molecule has 0 bridgehead atoms. The van der Waals surface area contributed by atoms with E-state index < -0.39 is 0 Å². The van der Waals surface area contributed by atoms with E-state index in [0.29, 0.717) is 23.2 Å². The lowest BCUT2D eigenvalue weighted by atomic mass is 10.2. The molecule has 0 saturated carbocycles. The molecule has 1 aromatic carbocycles. The van der Waals surface area contributed by atoms with Crippen molar-refractivity contribution < 1.29 is 4.74 Å². The maximum atomic E-state index is 8.87. The van der Waals surface area contributed by atoms with Crippen LogP contribution in [0.2, 0.25) is 0 Å². The van der Waals surface area contributed by atoms with Crippen LogP contribution in [-0.4, -0.2) is 17.6 Å². The number of hydrogen-bond donors (Lipinski definition) is 0. The Bertz CT molecular complexity index is 359. The van der Waals surface area contributed by atoms with Gasteiger partial charge in [0, 0.05) is 11.0 Å². The molecule has 0 fully saturated rings. The highest BCUT2D eigenvalue weighted by molar-refractivity contribution is 7.99. The Morgan fingerprint density at radius 3 is 2.88 bits per heavy atom. The van der Waals surface area contributed by atoms with Crippen molar-refractivity contribution in [3.63, 3.8) is 0 Å². The van der Waals surface area contributed by atoms with E-state index >= 15 is 0 Å². The molecule has 0 aliphatic heterocycles. The number of benzene rings is 1. The van der Waals surface area contributed by atoms with Crippen molar-refractivity contribution in [3.05, 3.63) is 29.8 Å². The Hall–Kier alpha value is -1.14. The third-order valence-corrected chi connectivity index (χ3v) is 3.63. The average Bonchev–Trinajstić information content (AvgIpc) is 2.34. The van der Waals surface area contributed by atoms with E-state index in [9.17, 15) is 0 Å². The summed E-state index contributed by atoms with van der Waals surface area (Å²) < 4.78 is 5.58. The molecule has 0 aliphatic rings. The van der Waals surface area contributed by atoms with Gasteiger partial charge in [-0.15, -0.1) is 0 Å². The Balaban J connectivity index is 2.35. The number of para-hydroxylation sites is 1. The Labute approximate surface area is 102 Å². The molecule has 0 amide bonds. The van der Waals surface area contributed by atoms with Crippen molar-refractivity contribution in [1.29, 1.82) is 5.26 Å². The van der Waals surface area contributed by atoms with Gasteiger partial charge in [0.15, 0.2) is 0 Å². The van der Waals surface area contributed by atoms with Crippen LogP contribution < -0.4 is 4.74 Å². The Morgan fingerprint density at radius 2 is 2.19 bits per heavy atom. The first-order valence-corrected chi connectivity index (χ1v) is 6.56. The fourth-order valence-electron chi connectivity index (χ4n) is 1.20. The Kier molecular flexibility index (Phi) is 5.81. The van der Waals surface area contributed by atoms with Crippen LogP contribution in [-0.2, 0) is 0 Å². The number of nitriles is 1. The van der Waals surface area contributed by atoms with Crippen molar-refractivity contribution in [3.8, 4) is 11.8 Å². The molecule has 86 valence electrons. The fraction of sp³-hybridized carbons (Fsp3) is 0.462. The molecule has 0 heterocycles. The molecule has 3 heteroatoms. The van der Waals surface area contributed by atoms with Crippen LogP contribution in [0, 0.1) is 11.3 Å². The molecule has 0 aromatic heterocycles. The summed E-state index contributed by atoms with van der Waals surface area (Å²) in [6, 6.07) is 9.47.